The lowest BCUT2D eigenvalue weighted by molar-refractivity contribution is 0.344. The molecule has 1 unspecified atom stereocenters. The van der Waals surface area contributed by atoms with Gasteiger partial charge >= 0.3 is 0 Å². The van der Waals surface area contributed by atoms with Crippen molar-refractivity contribution < 1.29 is 4.52 Å². The van der Waals surface area contributed by atoms with Crippen molar-refractivity contribution in [3.63, 3.8) is 0 Å². The first-order chi connectivity index (χ1) is 7.61. The van der Waals surface area contributed by atoms with Crippen LogP contribution in [-0.4, -0.2) is 41.7 Å². The molecular formula is C11H22N4O. The first-order valence-electron chi connectivity index (χ1n) is 5.81. The molecule has 0 saturated heterocycles. The Morgan fingerprint density at radius 3 is 2.81 bits per heavy atom. The third kappa shape index (κ3) is 4.72. The molecule has 1 heterocycles. The third-order valence-corrected chi connectivity index (χ3v) is 2.31. The van der Waals surface area contributed by atoms with Crippen molar-refractivity contribution in [1.29, 1.82) is 0 Å². The highest BCUT2D eigenvalue weighted by molar-refractivity contribution is 4.86. The Hall–Kier alpha value is -0.940. The van der Waals surface area contributed by atoms with Gasteiger partial charge in [0.25, 0.3) is 0 Å². The molecule has 0 aliphatic heterocycles. The van der Waals surface area contributed by atoms with E-state index < -0.39 is 0 Å². The molecule has 0 aliphatic rings. The van der Waals surface area contributed by atoms with E-state index in [1.165, 1.54) is 0 Å². The summed E-state index contributed by atoms with van der Waals surface area (Å²) >= 11 is 0. The van der Waals surface area contributed by atoms with E-state index >= 15 is 0 Å². The monoisotopic (exact) mass is 226 g/mol. The molecule has 0 spiro atoms. The molecule has 0 aliphatic carbocycles. The highest BCUT2D eigenvalue weighted by atomic mass is 16.5. The molecule has 1 N–H and O–H groups in total. The van der Waals surface area contributed by atoms with Crippen LogP contribution < -0.4 is 5.32 Å². The molecule has 1 aromatic rings. The average molecular weight is 226 g/mol. The van der Waals surface area contributed by atoms with Crippen LogP contribution in [0.15, 0.2) is 4.52 Å². The molecule has 92 valence electrons. The zero-order valence-electron chi connectivity index (χ0n) is 10.7. The maximum Gasteiger partial charge on any atom is 0.226 e. The van der Waals surface area contributed by atoms with Gasteiger partial charge in [-0.25, -0.2) is 0 Å². The summed E-state index contributed by atoms with van der Waals surface area (Å²) in [7, 11) is 3.98. The lowest BCUT2D eigenvalue weighted by Crippen LogP contribution is -2.25. The molecule has 0 aromatic carbocycles. The van der Waals surface area contributed by atoms with Gasteiger partial charge in [-0.1, -0.05) is 12.1 Å². The molecule has 0 amide bonds. The minimum absolute atomic E-state index is 0.495. The largest absolute Gasteiger partial charge is 0.339 e. The fraction of sp³-hybridized carbons (Fsp3) is 0.818. The maximum absolute atomic E-state index is 5.18. The minimum Gasteiger partial charge on any atom is -0.339 e. The number of nitrogens with one attached hydrogen (secondary N) is 1. The van der Waals surface area contributed by atoms with Gasteiger partial charge in [0.1, 0.15) is 0 Å². The van der Waals surface area contributed by atoms with Crippen LogP contribution in [0, 0.1) is 0 Å². The Morgan fingerprint density at radius 1 is 1.44 bits per heavy atom. The van der Waals surface area contributed by atoms with Crippen molar-refractivity contribution in [2.24, 2.45) is 0 Å². The van der Waals surface area contributed by atoms with Crippen molar-refractivity contribution in [2.75, 3.05) is 20.6 Å². The Balaban J connectivity index is 2.34. The zero-order valence-corrected chi connectivity index (χ0v) is 10.7. The summed E-state index contributed by atoms with van der Waals surface area (Å²) in [5.74, 6) is 1.50. The van der Waals surface area contributed by atoms with Crippen molar-refractivity contribution in [1.82, 2.24) is 20.4 Å². The topological polar surface area (TPSA) is 54.2 Å². The van der Waals surface area contributed by atoms with Gasteiger partial charge in [-0.2, -0.15) is 4.98 Å². The molecule has 0 radical (unpaired) electrons. The number of aromatic nitrogens is 2. The molecule has 1 aromatic heterocycles. The van der Waals surface area contributed by atoms with Crippen molar-refractivity contribution in [3.05, 3.63) is 11.7 Å². The zero-order chi connectivity index (χ0) is 12.0. The summed E-state index contributed by atoms with van der Waals surface area (Å²) in [4.78, 5) is 6.36. The number of aryl methyl sites for hydroxylation is 1. The van der Waals surface area contributed by atoms with Gasteiger partial charge in [0.2, 0.25) is 5.89 Å². The predicted octanol–water partition coefficient (Wildman–Crippen LogP) is 1.06. The second-order valence-electron chi connectivity index (χ2n) is 4.34. The molecule has 5 nitrogen and oxygen atoms in total. The number of hydrogen-bond donors (Lipinski definition) is 1. The third-order valence-electron chi connectivity index (χ3n) is 2.31. The van der Waals surface area contributed by atoms with Gasteiger partial charge in [0, 0.05) is 12.5 Å². The first kappa shape index (κ1) is 13.1. The van der Waals surface area contributed by atoms with Crippen molar-refractivity contribution >= 4 is 0 Å². The van der Waals surface area contributed by atoms with E-state index in [1.54, 1.807) is 0 Å². The standard InChI is InChI=1S/C11H22N4O/c1-5-12-9(2)6-7-11-13-10(14-16-11)8-15(3)4/h9,12H,5-8H2,1-4H3. The highest BCUT2D eigenvalue weighted by Crippen LogP contribution is 2.04. The van der Waals surface area contributed by atoms with Gasteiger partial charge < -0.3 is 14.7 Å². The van der Waals surface area contributed by atoms with Crippen LogP contribution in [-0.2, 0) is 13.0 Å². The van der Waals surface area contributed by atoms with Gasteiger partial charge in [-0.3, -0.25) is 0 Å². The molecule has 0 fully saturated rings. The Labute approximate surface area is 97.2 Å². The van der Waals surface area contributed by atoms with E-state index in [9.17, 15) is 0 Å². The first-order valence-corrected chi connectivity index (χ1v) is 5.81. The van der Waals surface area contributed by atoms with Crippen LogP contribution in [0.1, 0.15) is 32.0 Å². The minimum atomic E-state index is 0.495. The quantitative estimate of drug-likeness (QED) is 0.753. The second-order valence-corrected chi connectivity index (χ2v) is 4.34. The predicted molar refractivity (Wildman–Crippen MR) is 63.1 cm³/mol. The molecule has 1 rings (SSSR count). The summed E-state index contributed by atoms with van der Waals surface area (Å²) in [6.07, 6.45) is 1.87. The van der Waals surface area contributed by atoms with E-state index in [0.717, 1.165) is 37.6 Å². The van der Waals surface area contributed by atoms with E-state index in [1.807, 2.05) is 19.0 Å². The number of nitrogens with zero attached hydrogens (tertiary/aromatic N) is 3. The molecule has 1 atom stereocenters. The van der Waals surface area contributed by atoms with E-state index in [0.29, 0.717) is 6.04 Å². The lowest BCUT2D eigenvalue weighted by atomic mass is 10.2. The number of rotatable bonds is 7. The lowest BCUT2D eigenvalue weighted by Gasteiger charge is -2.09. The van der Waals surface area contributed by atoms with E-state index in [-0.39, 0.29) is 0 Å². The fourth-order valence-electron chi connectivity index (χ4n) is 1.53. The van der Waals surface area contributed by atoms with Crippen molar-refractivity contribution in [2.45, 2.75) is 39.3 Å². The molecule has 0 saturated carbocycles. The molecule has 0 bridgehead atoms. The van der Waals surface area contributed by atoms with E-state index in [2.05, 4.69) is 29.3 Å². The Kier molecular flexibility index (Phi) is 5.42. The van der Waals surface area contributed by atoms with Gasteiger partial charge in [0.05, 0.1) is 6.54 Å². The summed E-state index contributed by atoms with van der Waals surface area (Å²) in [6, 6.07) is 0.495. The second kappa shape index (κ2) is 6.60. The van der Waals surface area contributed by atoms with Crippen LogP contribution in [0.3, 0.4) is 0 Å². The van der Waals surface area contributed by atoms with Gasteiger partial charge in [0.15, 0.2) is 5.82 Å². The van der Waals surface area contributed by atoms with E-state index in [4.69, 9.17) is 4.52 Å². The normalized spacial score (nSPS) is 13.3. The molecule has 16 heavy (non-hydrogen) atoms. The Morgan fingerprint density at radius 2 is 2.19 bits per heavy atom. The summed E-state index contributed by atoms with van der Waals surface area (Å²) in [5, 5.41) is 7.29. The molecule has 5 heteroatoms. The summed E-state index contributed by atoms with van der Waals surface area (Å²) in [6.45, 7) is 6.00. The summed E-state index contributed by atoms with van der Waals surface area (Å²) < 4.78 is 5.18. The SMILES string of the molecule is CCNC(C)CCc1nc(CN(C)C)no1. The van der Waals surface area contributed by atoms with Crippen LogP contribution in [0.4, 0.5) is 0 Å². The number of hydrogen-bond acceptors (Lipinski definition) is 5. The maximum atomic E-state index is 5.18. The smallest absolute Gasteiger partial charge is 0.226 e. The summed E-state index contributed by atoms with van der Waals surface area (Å²) in [5.41, 5.74) is 0. The molecular weight excluding hydrogens is 204 g/mol. The Bertz CT molecular complexity index is 298. The van der Waals surface area contributed by atoms with Crippen LogP contribution in [0.5, 0.6) is 0 Å². The average Bonchev–Trinajstić information content (AvgIpc) is 2.62. The van der Waals surface area contributed by atoms with Crippen molar-refractivity contribution in [3.8, 4) is 0 Å². The van der Waals surface area contributed by atoms with Crippen LogP contribution in [0.2, 0.25) is 0 Å². The fourth-order valence-corrected chi connectivity index (χ4v) is 1.53. The van der Waals surface area contributed by atoms with Crippen LogP contribution in [0.25, 0.3) is 0 Å². The highest BCUT2D eigenvalue weighted by Gasteiger charge is 2.08. The van der Waals surface area contributed by atoms with Gasteiger partial charge in [-0.15, -0.1) is 0 Å². The van der Waals surface area contributed by atoms with Crippen LogP contribution >= 0.6 is 0 Å². The van der Waals surface area contributed by atoms with Gasteiger partial charge in [-0.05, 0) is 34.0 Å².